The first-order valence-electron chi connectivity index (χ1n) is 7.65. The van der Waals surface area contributed by atoms with Gasteiger partial charge in [0.15, 0.2) is 11.5 Å². The minimum absolute atomic E-state index is 0.221. The van der Waals surface area contributed by atoms with Crippen LogP contribution in [0, 0.1) is 0 Å². The Balaban J connectivity index is 1.71. The maximum absolute atomic E-state index is 11.9. The third kappa shape index (κ3) is 6.22. The van der Waals surface area contributed by atoms with Crippen molar-refractivity contribution in [2.24, 2.45) is 0 Å². The maximum atomic E-state index is 11.9. The van der Waals surface area contributed by atoms with Crippen molar-refractivity contribution in [3.8, 4) is 0 Å². The summed E-state index contributed by atoms with van der Waals surface area (Å²) in [6.07, 6.45) is 0.892. The van der Waals surface area contributed by atoms with Crippen molar-refractivity contribution in [1.82, 2.24) is 15.4 Å². The summed E-state index contributed by atoms with van der Waals surface area (Å²) in [5.74, 6) is 0.321. The van der Waals surface area contributed by atoms with E-state index in [0.29, 0.717) is 18.9 Å². The average Bonchev–Trinajstić information content (AvgIpc) is 3.01. The second-order valence-corrected chi connectivity index (χ2v) is 5.57. The van der Waals surface area contributed by atoms with Crippen LogP contribution in [0.5, 0.6) is 0 Å². The third-order valence-corrected chi connectivity index (χ3v) is 3.22. The molecule has 2 aromatic rings. The SMILES string of the molecule is CN(C)CCCNC(=O)c1cc(COCc2ccccc2)on1. The van der Waals surface area contributed by atoms with Crippen LogP contribution in [0.25, 0.3) is 0 Å². The van der Waals surface area contributed by atoms with Crippen molar-refractivity contribution in [3.05, 3.63) is 53.4 Å². The molecule has 1 heterocycles. The Morgan fingerprint density at radius 1 is 1.26 bits per heavy atom. The summed E-state index contributed by atoms with van der Waals surface area (Å²) in [6.45, 7) is 2.32. The van der Waals surface area contributed by atoms with Gasteiger partial charge in [0.1, 0.15) is 6.61 Å². The van der Waals surface area contributed by atoms with Crippen LogP contribution < -0.4 is 5.32 Å². The van der Waals surface area contributed by atoms with Gasteiger partial charge in [0.2, 0.25) is 0 Å². The van der Waals surface area contributed by atoms with Crippen LogP contribution >= 0.6 is 0 Å². The molecule has 0 aliphatic rings. The summed E-state index contributed by atoms with van der Waals surface area (Å²) >= 11 is 0. The molecule has 1 aromatic heterocycles. The Bertz CT molecular complexity index is 596. The number of nitrogens with zero attached hydrogens (tertiary/aromatic N) is 2. The van der Waals surface area contributed by atoms with Crippen LogP contribution in [-0.4, -0.2) is 43.1 Å². The number of benzene rings is 1. The molecule has 0 aliphatic heterocycles. The minimum Gasteiger partial charge on any atom is -0.369 e. The van der Waals surface area contributed by atoms with Gasteiger partial charge in [0.25, 0.3) is 5.91 Å². The Morgan fingerprint density at radius 3 is 2.78 bits per heavy atom. The number of carbonyl (C=O) groups is 1. The Kier molecular flexibility index (Phi) is 6.77. The first-order chi connectivity index (χ1) is 11.1. The summed E-state index contributed by atoms with van der Waals surface area (Å²) in [6, 6.07) is 11.5. The molecule has 124 valence electrons. The summed E-state index contributed by atoms with van der Waals surface area (Å²) in [5.41, 5.74) is 1.37. The van der Waals surface area contributed by atoms with Crippen molar-refractivity contribution < 1.29 is 14.1 Å². The van der Waals surface area contributed by atoms with Crippen LogP contribution in [0.3, 0.4) is 0 Å². The second-order valence-electron chi connectivity index (χ2n) is 5.57. The van der Waals surface area contributed by atoms with E-state index in [-0.39, 0.29) is 18.2 Å². The number of nitrogens with one attached hydrogen (secondary N) is 1. The van der Waals surface area contributed by atoms with Gasteiger partial charge in [-0.25, -0.2) is 0 Å². The lowest BCUT2D eigenvalue weighted by molar-refractivity contribution is 0.0877. The number of amides is 1. The van der Waals surface area contributed by atoms with Crippen molar-refractivity contribution in [2.45, 2.75) is 19.6 Å². The fourth-order valence-electron chi connectivity index (χ4n) is 2.02. The highest BCUT2D eigenvalue weighted by molar-refractivity contribution is 5.92. The average molecular weight is 317 g/mol. The number of carbonyl (C=O) groups excluding carboxylic acids is 1. The molecular weight excluding hydrogens is 294 g/mol. The van der Waals surface area contributed by atoms with Gasteiger partial charge in [0, 0.05) is 12.6 Å². The molecule has 0 radical (unpaired) electrons. The van der Waals surface area contributed by atoms with E-state index in [9.17, 15) is 4.79 Å². The second kappa shape index (κ2) is 9.07. The highest BCUT2D eigenvalue weighted by Gasteiger charge is 2.12. The first kappa shape index (κ1) is 17.2. The fourth-order valence-corrected chi connectivity index (χ4v) is 2.02. The van der Waals surface area contributed by atoms with Gasteiger partial charge >= 0.3 is 0 Å². The quantitative estimate of drug-likeness (QED) is 0.717. The standard InChI is InChI=1S/C17H23N3O3/c1-20(2)10-6-9-18-17(21)16-11-15(23-19-16)13-22-12-14-7-4-3-5-8-14/h3-5,7-8,11H,6,9-10,12-13H2,1-2H3,(H,18,21). The van der Waals surface area contributed by atoms with E-state index < -0.39 is 0 Å². The molecule has 1 aromatic carbocycles. The predicted octanol–water partition coefficient (Wildman–Crippen LogP) is 2.07. The number of hydrogen-bond acceptors (Lipinski definition) is 5. The molecule has 0 aliphatic carbocycles. The van der Waals surface area contributed by atoms with E-state index in [1.165, 1.54) is 0 Å². The fraction of sp³-hybridized carbons (Fsp3) is 0.412. The van der Waals surface area contributed by atoms with E-state index in [4.69, 9.17) is 9.26 Å². The Morgan fingerprint density at radius 2 is 2.04 bits per heavy atom. The van der Waals surface area contributed by atoms with E-state index >= 15 is 0 Å². The molecule has 2 rings (SSSR count). The van der Waals surface area contributed by atoms with Crippen LogP contribution in [0.15, 0.2) is 40.9 Å². The van der Waals surface area contributed by atoms with Crippen molar-refractivity contribution >= 4 is 5.91 Å². The van der Waals surface area contributed by atoms with E-state index in [1.54, 1.807) is 6.07 Å². The zero-order valence-electron chi connectivity index (χ0n) is 13.6. The molecule has 23 heavy (non-hydrogen) atoms. The number of aromatic nitrogens is 1. The lowest BCUT2D eigenvalue weighted by atomic mass is 10.2. The molecule has 0 atom stereocenters. The molecule has 0 saturated carbocycles. The molecule has 0 bridgehead atoms. The number of rotatable bonds is 9. The van der Waals surface area contributed by atoms with Crippen LogP contribution in [0.2, 0.25) is 0 Å². The monoisotopic (exact) mass is 317 g/mol. The first-order valence-corrected chi connectivity index (χ1v) is 7.65. The lowest BCUT2D eigenvalue weighted by Gasteiger charge is -2.08. The van der Waals surface area contributed by atoms with Gasteiger partial charge in [-0.15, -0.1) is 0 Å². The van der Waals surface area contributed by atoms with Gasteiger partial charge in [-0.1, -0.05) is 35.5 Å². The largest absolute Gasteiger partial charge is 0.369 e. The molecule has 6 nitrogen and oxygen atoms in total. The third-order valence-electron chi connectivity index (χ3n) is 3.22. The minimum atomic E-state index is -0.221. The topological polar surface area (TPSA) is 67.6 Å². The Labute approximate surface area is 136 Å². The molecule has 1 amide bonds. The molecule has 0 spiro atoms. The molecular formula is C17H23N3O3. The van der Waals surface area contributed by atoms with Gasteiger partial charge in [-0.3, -0.25) is 4.79 Å². The summed E-state index contributed by atoms with van der Waals surface area (Å²) in [5, 5.41) is 6.60. The number of ether oxygens (including phenoxy) is 1. The molecule has 0 fully saturated rings. The van der Waals surface area contributed by atoms with Crippen molar-refractivity contribution in [1.29, 1.82) is 0 Å². The molecule has 0 unspecified atom stereocenters. The predicted molar refractivity (Wildman–Crippen MR) is 86.9 cm³/mol. The van der Waals surface area contributed by atoms with Gasteiger partial charge in [-0.2, -0.15) is 0 Å². The number of hydrogen-bond donors (Lipinski definition) is 1. The van der Waals surface area contributed by atoms with Crippen molar-refractivity contribution in [3.63, 3.8) is 0 Å². The lowest BCUT2D eigenvalue weighted by Crippen LogP contribution is -2.27. The summed E-state index contributed by atoms with van der Waals surface area (Å²) in [7, 11) is 4.00. The van der Waals surface area contributed by atoms with Gasteiger partial charge in [-0.05, 0) is 32.6 Å². The van der Waals surface area contributed by atoms with Crippen LogP contribution in [0.4, 0.5) is 0 Å². The van der Waals surface area contributed by atoms with Gasteiger partial charge < -0.3 is 19.5 Å². The molecule has 1 N–H and O–H groups in total. The zero-order chi connectivity index (χ0) is 16.5. The van der Waals surface area contributed by atoms with E-state index in [1.807, 2.05) is 44.4 Å². The summed E-state index contributed by atoms with van der Waals surface area (Å²) in [4.78, 5) is 14.0. The molecule has 0 saturated heterocycles. The van der Waals surface area contributed by atoms with Crippen LogP contribution in [-0.2, 0) is 18.0 Å². The molecule has 6 heteroatoms. The normalized spacial score (nSPS) is 10.9. The van der Waals surface area contributed by atoms with Crippen LogP contribution in [0.1, 0.15) is 28.2 Å². The smallest absolute Gasteiger partial charge is 0.273 e. The zero-order valence-corrected chi connectivity index (χ0v) is 13.6. The van der Waals surface area contributed by atoms with E-state index in [2.05, 4.69) is 15.4 Å². The highest BCUT2D eigenvalue weighted by atomic mass is 16.5. The highest BCUT2D eigenvalue weighted by Crippen LogP contribution is 2.08. The van der Waals surface area contributed by atoms with Gasteiger partial charge in [0.05, 0.1) is 6.61 Å². The van der Waals surface area contributed by atoms with Crippen molar-refractivity contribution in [2.75, 3.05) is 27.2 Å². The Hall–Kier alpha value is -2.18. The van der Waals surface area contributed by atoms with E-state index in [0.717, 1.165) is 18.5 Å². The maximum Gasteiger partial charge on any atom is 0.273 e. The summed E-state index contributed by atoms with van der Waals surface area (Å²) < 4.78 is 10.7.